The van der Waals surface area contributed by atoms with E-state index in [1.807, 2.05) is 0 Å². The molecule has 0 aromatic carbocycles. The van der Waals surface area contributed by atoms with Gasteiger partial charge in [0.2, 0.25) is 0 Å². The molecule has 0 aliphatic carbocycles. The number of carbonyl (C=O) groups is 2. The molecule has 1 aliphatic rings. The average Bonchev–Trinajstić information content (AvgIpc) is 2.27. The summed E-state index contributed by atoms with van der Waals surface area (Å²) in [5.41, 5.74) is -1.35. The third kappa shape index (κ3) is 2.95. The van der Waals surface area contributed by atoms with E-state index >= 15 is 0 Å². The summed E-state index contributed by atoms with van der Waals surface area (Å²) in [4.78, 5) is 28.8. The SMILES string of the molecule is CC(C)(C)OC(=O)N1CC(C(=O)O)(c2ccncc2Cl)C1. The van der Waals surface area contributed by atoms with E-state index in [9.17, 15) is 14.7 Å². The summed E-state index contributed by atoms with van der Waals surface area (Å²) in [6, 6.07) is 1.57. The Morgan fingerprint density at radius 1 is 1.43 bits per heavy atom. The molecule has 0 unspecified atom stereocenters. The molecule has 2 heterocycles. The van der Waals surface area contributed by atoms with Gasteiger partial charge in [0.1, 0.15) is 11.0 Å². The number of hydrogen-bond acceptors (Lipinski definition) is 4. The van der Waals surface area contributed by atoms with Crippen LogP contribution in [0.2, 0.25) is 5.02 Å². The Bertz CT molecular complexity index is 577. The molecule has 1 aromatic rings. The van der Waals surface area contributed by atoms with Gasteiger partial charge in [-0.25, -0.2) is 4.79 Å². The van der Waals surface area contributed by atoms with Gasteiger partial charge in [0, 0.05) is 25.5 Å². The lowest BCUT2D eigenvalue weighted by Gasteiger charge is -2.47. The lowest BCUT2D eigenvalue weighted by molar-refractivity contribution is -0.150. The van der Waals surface area contributed by atoms with E-state index in [1.165, 1.54) is 17.3 Å². The van der Waals surface area contributed by atoms with Crippen LogP contribution in [0, 0.1) is 0 Å². The summed E-state index contributed by atoms with van der Waals surface area (Å²) >= 11 is 6.04. The Morgan fingerprint density at radius 2 is 2.05 bits per heavy atom. The molecule has 114 valence electrons. The molecular weight excluding hydrogens is 296 g/mol. The summed E-state index contributed by atoms with van der Waals surface area (Å²) in [5, 5.41) is 9.82. The molecule has 0 spiro atoms. The van der Waals surface area contributed by atoms with Crippen LogP contribution in [0.4, 0.5) is 4.79 Å². The molecule has 21 heavy (non-hydrogen) atoms. The fourth-order valence-corrected chi connectivity index (χ4v) is 2.55. The molecule has 2 rings (SSSR count). The quantitative estimate of drug-likeness (QED) is 0.906. The highest BCUT2D eigenvalue weighted by Crippen LogP contribution is 2.38. The van der Waals surface area contributed by atoms with Crippen molar-refractivity contribution in [3.8, 4) is 0 Å². The van der Waals surface area contributed by atoms with Crippen molar-refractivity contribution in [3.63, 3.8) is 0 Å². The fourth-order valence-electron chi connectivity index (χ4n) is 2.25. The van der Waals surface area contributed by atoms with Gasteiger partial charge in [-0.1, -0.05) is 11.6 Å². The molecule has 1 aromatic heterocycles. The van der Waals surface area contributed by atoms with Gasteiger partial charge in [-0.15, -0.1) is 0 Å². The van der Waals surface area contributed by atoms with Crippen LogP contribution in [0.1, 0.15) is 26.3 Å². The number of carboxylic acid groups (broad SMARTS) is 1. The first kappa shape index (κ1) is 15.6. The van der Waals surface area contributed by atoms with Gasteiger partial charge in [-0.05, 0) is 32.4 Å². The molecule has 1 fully saturated rings. The van der Waals surface area contributed by atoms with Gasteiger partial charge in [0.25, 0.3) is 0 Å². The van der Waals surface area contributed by atoms with Crippen LogP contribution in [-0.2, 0) is 14.9 Å². The second-order valence-corrected chi connectivity index (χ2v) is 6.49. The standard InChI is InChI=1S/C14H17ClN2O4/c1-13(2,3)21-12(20)17-7-14(8-17,11(18)19)9-4-5-16-6-10(9)15/h4-6H,7-8H2,1-3H3,(H,18,19). The monoisotopic (exact) mass is 312 g/mol. The molecule has 7 heteroatoms. The van der Waals surface area contributed by atoms with Crippen LogP contribution in [0.15, 0.2) is 18.5 Å². The number of aromatic nitrogens is 1. The minimum atomic E-state index is -1.20. The lowest BCUT2D eigenvalue weighted by Crippen LogP contribution is -2.65. The summed E-state index contributed by atoms with van der Waals surface area (Å²) in [5.74, 6) is -1.02. The summed E-state index contributed by atoms with van der Waals surface area (Å²) in [7, 11) is 0. The molecule has 0 radical (unpaired) electrons. The van der Waals surface area contributed by atoms with E-state index in [-0.39, 0.29) is 18.1 Å². The van der Waals surface area contributed by atoms with Crippen molar-refractivity contribution in [2.45, 2.75) is 31.8 Å². The van der Waals surface area contributed by atoms with Crippen molar-refractivity contribution in [1.29, 1.82) is 0 Å². The lowest BCUT2D eigenvalue weighted by atomic mass is 9.74. The van der Waals surface area contributed by atoms with Gasteiger partial charge in [0.05, 0.1) is 5.02 Å². The van der Waals surface area contributed by atoms with Gasteiger partial charge < -0.3 is 14.7 Å². The number of aliphatic carboxylic acids is 1. The molecule has 0 bridgehead atoms. The fraction of sp³-hybridized carbons (Fsp3) is 0.500. The van der Waals surface area contributed by atoms with Crippen LogP contribution < -0.4 is 0 Å². The number of pyridine rings is 1. The highest BCUT2D eigenvalue weighted by molar-refractivity contribution is 6.31. The predicted octanol–water partition coefficient (Wildman–Crippen LogP) is 2.31. The first-order valence-corrected chi connectivity index (χ1v) is 6.85. The normalized spacial score (nSPS) is 17.0. The third-order valence-electron chi connectivity index (χ3n) is 3.27. The maximum atomic E-state index is 11.9. The van der Waals surface area contributed by atoms with Gasteiger partial charge in [-0.2, -0.15) is 0 Å². The first-order valence-electron chi connectivity index (χ1n) is 6.47. The van der Waals surface area contributed by atoms with Crippen molar-refractivity contribution >= 4 is 23.7 Å². The topological polar surface area (TPSA) is 79.7 Å². The van der Waals surface area contributed by atoms with Crippen molar-refractivity contribution in [1.82, 2.24) is 9.88 Å². The predicted molar refractivity (Wildman–Crippen MR) is 76.4 cm³/mol. The van der Waals surface area contributed by atoms with Crippen molar-refractivity contribution in [2.24, 2.45) is 0 Å². The highest BCUT2D eigenvalue weighted by Gasteiger charge is 2.54. The van der Waals surface area contributed by atoms with E-state index in [1.54, 1.807) is 26.8 Å². The van der Waals surface area contributed by atoms with Gasteiger partial charge in [0.15, 0.2) is 0 Å². The number of likely N-dealkylation sites (tertiary alicyclic amines) is 1. The number of amides is 1. The Kier molecular flexibility index (Phi) is 3.84. The number of carboxylic acids is 1. The van der Waals surface area contributed by atoms with Crippen molar-refractivity contribution in [2.75, 3.05) is 13.1 Å². The minimum Gasteiger partial charge on any atom is -0.480 e. The molecule has 0 saturated carbocycles. The summed E-state index contributed by atoms with van der Waals surface area (Å²) in [6.07, 6.45) is 2.37. The smallest absolute Gasteiger partial charge is 0.410 e. The maximum Gasteiger partial charge on any atom is 0.410 e. The van der Waals surface area contributed by atoms with Crippen LogP contribution in [0.5, 0.6) is 0 Å². The van der Waals surface area contributed by atoms with Crippen molar-refractivity contribution in [3.05, 3.63) is 29.0 Å². The van der Waals surface area contributed by atoms with Crippen LogP contribution in [0.3, 0.4) is 0 Å². The average molecular weight is 313 g/mol. The van der Waals surface area contributed by atoms with E-state index in [0.717, 1.165) is 0 Å². The largest absolute Gasteiger partial charge is 0.480 e. The van der Waals surface area contributed by atoms with Crippen LogP contribution in [-0.4, -0.2) is 45.7 Å². The maximum absolute atomic E-state index is 11.9. The number of ether oxygens (including phenoxy) is 1. The van der Waals surface area contributed by atoms with Crippen LogP contribution in [0.25, 0.3) is 0 Å². The molecule has 6 nitrogen and oxygen atoms in total. The van der Waals surface area contributed by atoms with Crippen molar-refractivity contribution < 1.29 is 19.4 Å². The molecule has 1 saturated heterocycles. The Hall–Kier alpha value is -1.82. The number of rotatable bonds is 2. The van der Waals surface area contributed by atoms with E-state index in [2.05, 4.69) is 4.98 Å². The molecule has 1 amide bonds. The Balaban J connectivity index is 2.18. The Labute approximate surface area is 127 Å². The minimum absolute atomic E-state index is 0.0287. The first-order chi connectivity index (χ1) is 9.66. The van der Waals surface area contributed by atoms with Crippen LogP contribution >= 0.6 is 11.6 Å². The number of nitrogens with zero attached hydrogens (tertiary/aromatic N) is 2. The molecular formula is C14H17ClN2O4. The number of hydrogen-bond donors (Lipinski definition) is 1. The zero-order chi connectivity index (χ0) is 15.8. The van der Waals surface area contributed by atoms with E-state index in [4.69, 9.17) is 16.3 Å². The van der Waals surface area contributed by atoms with Gasteiger partial charge in [-0.3, -0.25) is 9.78 Å². The second-order valence-electron chi connectivity index (χ2n) is 6.08. The second kappa shape index (κ2) is 5.18. The zero-order valence-corrected chi connectivity index (χ0v) is 12.8. The third-order valence-corrected chi connectivity index (χ3v) is 3.57. The molecule has 0 atom stereocenters. The summed E-state index contributed by atoms with van der Waals surface area (Å²) in [6.45, 7) is 5.33. The molecule has 1 N–H and O–H groups in total. The number of carbonyl (C=O) groups excluding carboxylic acids is 1. The number of halogens is 1. The molecule has 1 aliphatic heterocycles. The highest BCUT2D eigenvalue weighted by atomic mass is 35.5. The zero-order valence-electron chi connectivity index (χ0n) is 12.1. The summed E-state index contributed by atoms with van der Waals surface area (Å²) < 4.78 is 5.23. The Morgan fingerprint density at radius 3 is 2.52 bits per heavy atom. The van der Waals surface area contributed by atoms with E-state index in [0.29, 0.717) is 5.56 Å². The van der Waals surface area contributed by atoms with E-state index < -0.39 is 23.1 Å². The van der Waals surface area contributed by atoms with Gasteiger partial charge >= 0.3 is 12.1 Å².